The summed E-state index contributed by atoms with van der Waals surface area (Å²) < 4.78 is 4.85. The van der Waals surface area contributed by atoms with Crippen molar-refractivity contribution in [3.63, 3.8) is 0 Å². The minimum atomic E-state index is -0.741. The van der Waals surface area contributed by atoms with Crippen molar-refractivity contribution in [2.24, 2.45) is 0 Å². The lowest BCUT2D eigenvalue weighted by atomic mass is 10.2. The molecule has 0 unspecified atom stereocenters. The van der Waals surface area contributed by atoms with Crippen molar-refractivity contribution < 1.29 is 19.1 Å². The fourth-order valence-electron chi connectivity index (χ4n) is 1.81. The van der Waals surface area contributed by atoms with Gasteiger partial charge in [0.05, 0.1) is 6.20 Å². The van der Waals surface area contributed by atoms with E-state index in [2.05, 4.69) is 20.6 Å². The maximum atomic E-state index is 11.8. The summed E-state index contributed by atoms with van der Waals surface area (Å²) in [6.45, 7) is 1.85. The van der Waals surface area contributed by atoms with Crippen LogP contribution in [0.15, 0.2) is 42.9 Å². The maximum absolute atomic E-state index is 11.8. The lowest BCUT2D eigenvalue weighted by molar-refractivity contribution is -0.119. The van der Waals surface area contributed by atoms with Gasteiger partial charge in [0.1, 0.15) is 0 Å². The zero-order valence-corrected chi connectivity index (χ0v) is 13.0. The Morgan fingerprint density at radius 3 is 2.75 bits per heavy atom. The summed E-state index contributed by atoms with van der Waals surface area (Å²) in [6.07, 6.45) is 4.02. The van der Waals surface area contributed by atoms with Gasteiger partial charge in [0.25, 0.3) is 11.8 Å². The summed E-state index contributed by atoms with van der Waals surface area (Å²) in [7, 11) is 0. The predicted octanol–water partition coefficient (Wildman–Crippen LogP) is 1.02. The lowest BCUT2D eigenvalue weighted by Crippen LogP contribution is -2.23. The van der Waals surface area contributed by atoms with Gasteiger partial charge >= 0.3 is 5.97 Å². The Kier molecular flexibility index (Phi) is 5.95. The molecule has 1 heterocycles. The van der Waals surface area contributed by atoms with E-state index in [0.29, 0.717) is 17.8 Å². The van der Waals surface area contributed by atoms with E-state index in [9.17, 15) is 14.4 Å². The van der Waals surface area contributed by atoms with Gasteiger partial charge in [0.15, 0.2) is 12.3 Å². The molecule has 8 nitrogen and oxygen atoms in total. The zero-order chi connectivity index (χ0) is 17.4. The third-order valence-electron chi connectivity index (χ3n) is 2.85. The second kappa shape index (κ2) is 8.37. The van der Waals surface area contributed by atoms with Crippen LogP contribution in [0.25, 0.3) is 0 Å². The van der Waals surface area contributed by atoms with Crippen molar-refractivity contribution in [2.75, 3.05) is 18.5 Å². The van der Waals surface area contributed by atoms with Crippen molar-refractivity contribution in [1.82, 2.24) is 15.3 Å². The number of nitrogens with one attached hydrogen (secondary N) is 2. The predicted molar refractivity (Wildman–Crippen MR) is 85.4 cm³/mol. The van der Waals surface area contributed by atoms with E-state index in [0.717, 1.165) is 0 Å². The summed E-state index contributed by atoms with van der Waals surface area (Å²) in [5.41, 5.74) is 0.869. The number of hydrogen-bond donors (Lipinski definition) is 2. The van der Waals surface area contributed by atoms with Crippen LogP contribution in [0, 0.1) is 0 Å². The van der Waals surface area contributed by atoms with E-state index < -0.39 is 18.5 Å². The van der Waals surface area contributed by atoms with E-state index in [4.69, 9.17) is 4.74 Å². The number of rotatable bonds is 6. The number of anilines is 1. The molecule has 0 radical (unpaired) electrons. The highest BCUT2D eigenvalue weighted by molar-refractivity contribution is 5.98. The van der Waals surface area contributed by atoms with Crippen LogP contribution in [0.4, 0.5) is 5.69 Å². The van der Waals surface area contributed by atoms with Crippen LogP contribution in [-0.2, 0) is 9.53 Å². The normalized spacial score (nSPS) is 9.88. The molecule has 8 heteroatoms. The summed E-state index contributed by atoms with van der Waals surface area (Å²) in [5, 5.41) is 5.22. The van der Waals surface area contributed by atoms with E-state index in [1.54, 1.807) is 18.2 Å². The number of carbonyl (C=O) groups is 3. The Morgan fingerprint density at radius 2 is 2.04 bits per heavy atom. The molecule has 0 aliphatic heterocycles. The smallest absolute Gasteiger partial charge is 0.359 e. The van der Waals surface area contributed by atoms with Crippen LogP contribution in [0.2, 0.25) is 0 Å². The average molecular weight is 328 g/mol. The molecule has 124 valence electrons. The van der Waals surface area contributed by atoms with Gasteiger partial charge in [-0.1, -0.05) is 6.07 Å². The quantitative estimate of drug-likeness (QED) is 0.766. The van der Waals surface area contributed by atoms with Gasteiger partial charge in [0, 0.05) is 30.2 Å². The second-order valence-corrected chi connectivity index (χ2v) is 4.66. The van der Waals surface area contributed by atoms with E-state index in [1.165, 1.54) is 24.7 Å². The fraction of sp³-hybridized carbons (Fsp3) is 0.188. The highest BCUT2D eigenvalue weighted by Gasteiger charge is 2.12. The molecule has 0 aliphatic carbocycles. The highest BCUT2D eigenvalue weighted by atomic mass is 16.5. The van der Waals surface area contributed by atoms with Gasteiger partial charge in [-0.25, -0.2) is 9.78 Å². The van der Waals surface area contributed by atoms with E-state index >= 15 is 0 Å². The fourth-order valence-corrected chi connectivity index (χ4v) is 1.81. The Labute approximate surface area is 138 Å². The van der Waals surface area contributed by atoms with Gasteiger partial charge in [0.2, 0.25) is 0 Å². The number of esters is 1. The van der Waals surface area contributed by atoms with Crippen molar-refractivity contribution in [3.8, 4) is 0 Å². The molecule has 1 aromatic carbocycles. The van der Waals surface area contributed by atoms with E-state index in [-0.39, 0.29) is 11.6 Å². The minimum absolute atomic E-state index is 0.0172. The number of amides is 2. The first-order valence-corrected chi connectivity index (χ1v) is 7.21. The van der Waals surface area contributed by atoms with Crippen LogP contribution < -0.4 is 10.6 Å². The number of ether oxygens (including phenoxy) is 1. The summed E-state index contributed by atoms with van der Waals surface area (Å²) in [6, 6.07) is 6.44. The molecule has 2 rings (SSSR count). The number of carbonyl (C=O) groups excluding carboxylic acids is 3. The molecule has 0 fully saturated rings. The van der Waals surface area contributed by atoms with Gasteiger partial charge < -0.3 is 15.4 Å². The van der Waals surface area contributed by atoms with Crippen molar-refractivity contribution in [2.45, 2.75) is 6.92 Å². The Balaban J connectivity index is 1.89. The third kappa shape index (κ3) is 4.87. The molecule has 0 atom stereocenters. The van der Waals surface area contributed by atoms with Crippen LogP contribution >= 0.6 is 0 Å². The third-order valence-corrected chi connectivity index (χ3v) is 2.85. The van der Waals surface area contributed by atoms with Crippen molar-refractivity contribution >= 4 is 23.5 Å². The van der Waals surface area contributed by atoms with Crippen molar-refractivity contribution in [3.05, 3.63) is 54.1 Å². The second-order valence-electron chi connectivity index (χ2n) is 4.66. The largest absolute Gasteiger partial charge is 0.451 e. The van der Waals surface area contributed by atoms with Crippen molar-refractivity contribution in [1.29, 1.82) is 0 Å². The topological polar surface area (TPSA) is 110 Å². The number of hydrogen-bond acceptors (Lipinski definition) is 6. The minimum Gasteiger partial charge on any atom is -0.451 e. The molecule has 24 heavy (non-hydrogen) atoms. The molecule has 2 aromatic rings. The molecule has 0 saturated carbocycles. The Bertz CT molecular complexity index is 734. The lowest BCUT2D eigenvalue weighted by Gasteiger charge is -2.08. The summed E-state index contributed by atoms with van der Waals surface area (Å²) >= 11 is 0. The molecule has 0 saturated heterocycles. The van der Waals surface area contributed by atoms with E-state index in [1.807, 2.05) is 6.92 Å². The zero-order valence-electron chi connectivity index (χ0n) is 13.0. The highest BCUT2D eigenvalue weighted by Crippen LogP contribution is 2.10. The maximum Gasteiger partial charge on any atom is 0.359 e. The molecule has 2 N–H and O–H groups in total. The van der Waals surface area contributed by atoms with Crippen LogP contribution in [-0.4, -0.2) is 40.9 Å². The van der Waals surface area contributed by atoms with Gasteiger partial charge in [-0.3, -0.25) is 14.6 Å². The monoisotopic (exact) mass is 328 g/mol. The van der Waals surface area contributed by atoms with Crippen LogP contribution in [0.3, 0.4) is 0 Å². The molecule has 0 bridgehead atoms. The first kappa shape index (κ1) is 17.1. The summed E-state index contributed by atoms with van der Waals surface area (Å²) in [4.78, 5) is 42.8. The van der Waals surface area contributed by atoms with Crippen LogP contribution in [0.1, 0.15) is 27.8 Å². The van der Waals surface area contributed by atoms with Gasteiger partial charge in [-0.2, -0.15) is 0 Å². The molecular formula is C16H16N4O4. The first-order chi connectivity index (χ1) is 11.6. The Hall–Kier alpha value is -3.29. The molecule has 0 spiro atoms. The molecule has 2 amide bonds. The molecule has 0 aliphatic rings. The standard InChI is InChI=1S/C16H16N4O4/c1-2-18-15(22)11-4-3-5-12(8-11)20-14(21)10-24-16(23)13-9-17-6-7-19-13/h3-9H,2,10H2,1H3,(H,18,22)(H,20,21). The number of aromatic nitrogens is 2. The number of benzene rings is 1. The van der Waals surface area contributed by atoms with Gasteiger partial charge in [-0.15, -0.1) is 0 Å². The first-order valence-electron chi connectivity index (χ1n) is 7.21. The Morgan fingerprint density at radius 1 is 1.21 bits per heavy atom. The average Bonchev–Trinajstić information content (AvgIpc) is 2.61. The van der Waals surface area contributed by atoms with Gasteiger partial charge in [-0.05, 0) is 25.1 Å². The molecular weight excluding hydrogens is 312 g/mol. The number of nitrogens with zero attached hydrogens (tertiary/aromatic N) is 2. The summed E-state index contributed by atoms with van der Waals surface area (Å²) in [5.74, 6) is -1.50. The molecule has 1 aromatic heterocycles. The SMILES string of the molecule is CCNC(=O)c1cccc(NC(=O)COC(=O)c2cnccn2)c1. The van der Waals surface area contributed by atoms with Crippen LogP contribution in [0.5, 0.6) is 0 Å².